The van der Waals surface area contributed by atoms with Crippen LogP contribution in [0.1, 0.15) is 48.9 Å². The molecule has 4 aliphatic carbocycles. The highest BCUT2D eigenvalue weighted by Crippen LogP contribution is 2.76. The van der Waals surface area contributed by atoms with E-state index < -0.39 is 23.0 Å². The van der Waals surface area contributed by atoms with Crippen molar-refractivity contribution in [3.05, 3.63) is 63.9 Å². The number of nitrogens with one attached hydrogen (secondary N) is 2. The topological polar surface area (TPSA) is 96.2 Å². The summed E-state index contributed by atoms with van der Waals surface area (Å²) in [4.78, 5) is 31.7. The number of halogens is 2. The molecule has 4 aliphatic rings. The molecule has 192 valence electrons. The molecule has 1 aromatic carbocycles. The molecule has 5 atom stereocenters. The molecule has 4 fully saturated rings. The summed E-state index contributed by atoms with van der Waals surface area (Å²) in [5.74, 6) is 0.405. The smallest absolute Gasteiger partial charge is 0.257 e. The van der Waals surface area contributed by atoms with E-state index in [1.165, 1.54) is 42.2 Å². The molecule has 9 heteroatoms. The monoisotopic (exact) mass is 506 g/mol. The fraction of sp³-hybridized carbons (Fsp3) is 0.464. The van der Waals surface area contributed by atoms with Crippen molar-refractivity contribution < 1.29 is 18.7 Å². The first-order chi connectivity index (χ1) is 17.8. The first kappa shape index (κ1) is 22.8. The van der Waals surface area contributed by atoms with Crippen molar-refractivity contribution in [1.82, 2.24) is 14.9 Å². The molecule has 1 spiro atoms. The van der Waals surface area contributed by atoms with Gasteiger partial charge < -0.3 is 15.7 Å². The normalized spacial score (nSPS) is 30.8. The van der Waals surface area contributed by atoms with E-state index in [4.69, 9.17) is 5.11 Å². The van der Waals surface area contributed by atoms with E-state index in [9.17, 15) is 18.4 Å². The van der Waals surface area contributed by atoms with E-state index in [0.29, 0.717) is 23.1 Å². The molecule has 3 aromatic rings. The number of benzene rings is 1. The van der Waals surface area contributed by atoms with Gasteiger partial charge in [-0.05, 0) is 86.0 Å². The second-order valence-corrected chi connectivity index (χ2v) is 11.5. The fourth-order valence-corrected chi connectivity index (χ4v) is 8.32. The molecule has 4 saturated carbocycles. The molecule has 3 bridgehead atoms. The van der Waals surface area contributed by atoms with Gasteiger partial charge in [-0.3, -0.25) is 14.2 Å². The van der Waals surface area contributed by atoms with E-state index in [2.05, 4.69) is 15.6 Å². The number of fused-ring (bicyclic) bond motifs is 3. The Labute approximate surface area is 211 Å². The van der Waals surface area contributed by atoms with Crippen molar-refractivity contribution in [3.8, 4) is 5.69 Å². The van der Waals surface area contributed by atoms with Gasteiger partial charge in [-0.25, -0.2) is 13.8 Å². The van der Waals surface area contributed by atoms with Crippen LogP contribution in [0.25, 0.3) is 16.7 Å². The third kappa shape index (κ3) is 3.29. The molecule has 7 nitrogen and oxygen atoms in total. The van der Waals surface area contributed by atoms with Gasteiger partial charge in [-0.2, -0.15) is 0 Å². The number of hydrogen-bond acceptors (Lipinski definition) is 5. The Morgan fingerprint density at radius 2 is 2.00 bits per heavy atom. The third-order valence-electron chi connectivity index (χ3n) is 9.53. The Balaban J connectivity index is 1.32. The largest absolute Gasteiger partial charge is 0.395 e. The highest BCUT2D eigenvalue weighted by Gasteiger charge is 2.71. The molecule has 37 heavy (non-hydrogen) atoms. The number of pyridine rings is 2. The molecule has 0 aliphatic heterocycles. The van der Waals surface area contributed by atoms with Gasteiger partial charge in [-0.15, -0.1) is 0 Å². The summed E-state index contributed by atoms with van der Waals surface area (Å²) in [6.45, 7) is 0.115. The lowest BCUT2D eigenvalue weighted by molar-refractivity contribution is -0.000692. The van der Waals surface area contributed by atoms with Crippen molar-refractivity contribution in [2.24, 2.45) is 23.2 Å². The summed E-state index contributed by atoms with van der Waals surface area (Å²) in [6.07, 6.45) is 7.97. The molecular formula is C28H28F2N4O3. The van der Waals surface area contributed by atoms with E-state index in [-0.39, 0.29) is 41.0 Å². The van der Waals surface area contributed by atoms with Gasteiger partial charge in [-0.1, -0.05) is 0 Å². The number of amides is 1. The van der Waals surface area contributed by atoms with Gasteiger partial charge in [0.2, 0.25) is 5.43 Å². The van der Waals surface area contributed by atoms with Crippen molar-refractivity contribution >= 4 is 22.8 Å². The number of carbonyl (C=O) groups excluding carboxylic acids is 1. The number of nitrogens with zero attached hydrogens (tertiary/aromatic N) is 2. The Bertz CT molecular complexity index is 1520. The average molecular weight is 507 g/mol. The Hall–Kier alpha value is -3.33. The number of aliphatic hydroxyl groups excluding tert-OH is 1. The Morgan fingerprint density at radius 3 is 2.81 bits per heavy atom. The number of aliphatic hydroxyl groups is 1. The SMILES string of the molecule is O=C(NC12CC3CC4CC(C1)C4(C3)C2)c1cn(-c2ccc(F)cc2F)c2nc(NCCO)ccc2c1=O. The fourth-order valence-electron chi connectivity index (χ4n) is 8.32. The van der Waals surface area contributed by atoms with Crippen LogP contribution in [0.5, 0.6) is 0 Å². The summed E-state index contributed by atoms with van der Waals surface area (Å²) in [7, 11) is 0. The standard InChI is InChI=1S/C28H28F2N4O3/c29-18-1-3-22(21(30)9-18)34-13-20(24(36)19-2-4-23(31-5-6-35)32-25(19)34)26(37)33-27-10-15-7-16-8-17(12-27)28(16,11-15)14-27/h1-4,9,13,15-17,35H,5-8,10-12,14H2,(H,31,32)(H,33,37). The van der Waals surface area contributed by atoms with Crippen molar-refractivity contribution in [2.45, 2.75) is 44.1 Å². The maximum Gasteiger partial charge on any atom is 0.257 e. The molecular weight excluding hydrogens is 478 g/mol. The van der Waals surface area contributed by atoms with E-state index in [1.54, 1.807) is 6.07 Å². The molecule has 1 amide bonds. The Kier molecular flexibility index (Phi) is 4.84. The predicted molar refractivity (Wildman–Crippen MR) is 134 cm³/mol. The van der Waals surface area contributed by atoms with Crippen LogP contribution in [0.15, 0.2) is 41.3 Å². The zero-order valence-corrected chi connectivity index (χ0v) is 20.3. The van der Waals surface area contributed by atoms with E-state index in [1.807, 2.05) is 0 Å². The number of aromatic nitrogens is 2. The van der Waals surface area contributed by atoms with Gasteiger partial charge in [0.1, 0.15) is 23.0 Å². The highest BCUT2D eigenvalue weighted by atomic mass is 19.1. The summed E-state index contributed by atoms with van der Waals surface area (Å²) in [6, 6.07) is 6.26. The lowest BCUT2D eigenvalue weighted by Crippen LogP contribution is -2.50. The Morgan fingerprint density at radius 1 is 1.14 bits per heavy atom. The quantitative estimate of drug-likeness (QED) is 0.473. The molecule has 0 radical (unpaired) electrons. The van der Waals surface area contributed by atoms with Crippen molar-refractivity contribution in [2.75, 3.05) is 18.5 Å². The van der Waals surface area contributed by atoms with E-state index >= 15 is 0 Å². The summed E-state index contributed by atoms with van der Waals surface area (Å²) < 4.78 is 29.9. The zero-order valence-electron chi connectivity index (χ0n) is 20.3. The number of anilines is 1. The molecule has 3 N–H and O–H groups in total. The van der Waals surface area contributed by atoms with Crippen molar-refractivity contribution in [3.63, 3.8) is 0 Å². The third-order valence-corrected chi connectivity index (χ3v) is 9.53. The van der Waals surface area contributed by atoms with Crippen LogP contribution in [0.3, 0.4) is 0 Å². The maximum absolute atomic E-state index is 14.9. The second kappa shape index (κ2) is 7.84. The minimum atomic E-state index is -0.841. The minimum absolute atomic E-state index is 0.0261. The lowest BCUT2D eigenvalue weighted by Gasteiger charge is -2.49. The zero-order chi connectivity index (χ0) is 25.5. The van der Waals surface area contributed by atoms with Gasteiger partial charge in [0.05, 0.1) is 17.7 Å². The molecule has 5 unspecified atom stereocenters. The molecule has 2 aromatic heterocycles. The second-order valence-electron chi connectivity index (χ2n) is 11.5. The van der Waals surface area contributed by atoms with Crippen LogP contribution in [0, 0.1) is 34.8 Å². The molecule has 7 rings (SSSR count). The van der Waals surface area contributed by atoms with Crippen LogP contribution in [0.4, 0.5) is 14.6 Å². The van der Waals surface area contributed by atoms with E-state index in [0.717, 1.165) is 37.3 Å². The van der Waals surface area contributed by atoms with Gasteiger partial charge in [0.15, 0.2) is 5.65 Å². The summed E-state index contributed by atoms with van der Waals surface area (Å²) >= 11 is 0. The first-order valence-corrected chi connectivity index (χ1v) is 13.0. The van der Waals surface area contributed by atoms with Crippen molar-refractivity contribution in [1.29, 1.82) is 0 Å². The van der Waals surface area contributed by atoms with Crippen LogP contribution < -0.4 is 16.1 Å². The number of hydrogen-bond donors (Lipinski definition) is 3. The molecule has 0 saturated heterocycles. The lowest BCUT2D eigenvalue weighted by atomic mass is 9.56. The van der Waals surface area contributed by atoms with Crippen LogP contribution in [0.2, 0.25) is 0 Å². The minimum Gasteiger partial charge on any atom is -0.395 e. The average Bonchev–Trinajstić information content (AvgIpc) is 3.17. The predicted octanol–water partition coefficient (Wildman–Crippen LogP) is 3.77. The molecule has 2 heterocycles. The van der Waals surface area contributed by atoms with Crippen LogP contribution >= 0.6 is 0 Å². The van der Waals surface area contributed by atoms with Gasteiger partial charge in [0, 0.05) is 24.3 Å². The van der Waals surface area contributed by atoms with Gasteiger partial charge in [0.25, 0.3) is 5.91 Å². The number of rotatable bonds is 6. The first-order valence-electron chi connectivity index (χ1n) is 13.0. The van der Waals surface area contributed by atoms with Gasteiger partial charge >= 0.3 is 0 Å². The highest BCUT2D eigenvalue weighted by molar-refractivity contribution is 5.98. The maximum atomic E-state index is 14.9. The van der Waals surface area contributed by atoms with Crippen LogP contribution in [-0.2, 0) is 0 Å². The van der Waals surface area contributed by atoms with Crippen LogP contribution in [-0.4, -0.2) is 39.3 Å². The number of carbonyl (C=O) groups is 1. The summed E-state index contributed by atoms with van der Waals surface area (Å²) in [5, 5.41) is 15.5. The summed E-state index contributed by atoms with van der Waals surface area (Å²) in [5.41, 5.74) is -0.390.